The van der Waals surface area contributed by atoms with E-state index in [0.717, 1.165) is 5.56 Å². The largest absolute Gasteiger partial charge is 0.480 e. The van der Waals surface area contributed by atoms with E-state index in [2.05, 4.69) is 10.1 Å². The van der Waals surface area contributed by atoms with Crippen LogP contribution in [0.2, 0.25) is 0 Å². The van der Waals surface area contributed by atoms with Crippen LogP contribution in [0.25, 0.3) is 0 Å². The van der Waals surface area contributed by atoms with Crippen LogP contribution in [-0.2, 0) is 15.3 Å². The van der Waals surface area contributed by atoms with Crippen LogP contribution in [0.15, 0.2) is 30.3 Å². The summed E-state index contributed by atoms with van der Waals surface area (Å²) in [7, 11) is 1.20. The smallest absolute Gasteiger partial charge is 0.407 e. The number of carbonyl (C=O) groups excluding carboxylic acids is 1. The van der Waals surface area contributed by atoms with E-state index in [-0.39, 0.29) is 0 Å². The number of carboxylic acids is 1. The quantitative estimate of drug-likeness (QED) is 0.822. The molecule has 1 aromatic carbocycles. The molecule has 0 spiro atoms. The van der Waals surface area contributed by atoms with Gasteiger partial charge in [-0.2, -0.15) is 11.8 Å². The van der Waals surface area contributed by atoms with Gasteiger partial charge in [-0.05, 0) is 5.56 Å². The zero-order chi connectivity index (χ0) is 13.4. The van der Waals surface area contributed by atoms with E-state index in [0.29, 0.717) is 11.5 Å². The first-order valence-corrected chi connectivity index (χ1v) is 6.48. The van der Waals surface area contributed by atoms with Gasteiger partial charge in [-0.1, -0.05) is 30.3 Å². The summed E-state index contributed by atoms with van der Waals surface area (Å²) in [5, 5.41) is 11.2. The highest BCUT2D eigenvalue weighted by molar-refractivity contribution is 7.98. The summed E-state index contributed by atoms with van der Waals surface area (Å²) in [4.78, 5) is 21.9. The highest BCUT2D eigenvalue weighted by atomic mass is 32.2. The number of hydrogen-bond acceptors (Lipinski definition) is 4. The van der Waals surface area contributed by atoms with Crippen molar-refractivity contribution in [2.45, 2.75) is 11.8 Å². The molecule has 1 atom stereocenters. The Bertz CT molecular complexity index is 396. The second-order valence-corrected chi connectivity index (χ2v) is 4.56. The molecule has 6 heteroatoms. The third-order valence-electron chi connectivity index (χ3n) is 2.17. The molecule has 0 bridgehead atoms. The van der Waals surface area contributed by atoms with Gasteiger partial charge in [0.25, 0.3) is 0 Å². The Morgan fingerprint density at radius 2 is 2.06 bits per heavy atom. The van der Waals surface area contributed by atoms with Crippen LogP contribution in [0.3, 0.4) is 0 Å². The van der Waals surface area contributed by atoms with Crippen molar-refractivity contribution < 1.29 is 19.4 Å². The molecule has 0 aromatic heterocycles. The molecule has 0 saturated heterocycles. The molecular formula is C12H15NO4S. The minimum absolute atomic E-state index is 0.291. The minimum atomic E-state index is -1.07. The first-order valence-electron chi connectivity index (χ1n) is 5.32. The fourth-order valence-corrected chi connectivity index (χ4v) is 2.25. The molecule has 0 aliphatic rings. The third kappa shape index (κ3) is 5.09. The van der Waals surface area contributed by atoms with Crippen molar-refractivity contribution in [1.29, 1.82) is 0 Å². The van der Waals surface area contributed by atoms with Gasteiger partial charge in [-0.15, -0.1) is 0 Å². The van der Waals surface area contributed by atoms with E-state index in [9.17, 15) is 9.59 Å². The van der Waals surface area contributed by atoms with E-state index in [4.69, 9.17) is 5.11 Å². The topological polar surface area (TPSA) is 75.6 Å². The Morgan fingerprint density at radius 1 is 1.39 bits per heavy atom. The number of methoxy groups -OCH3 is 1. The van der Waals surface area contributed by atoms with E-state index < -0.39 is 18.1 Å². The highest BCUT2D eigenvalue weighted by Gasteiger charge is 2.19. The normalized spacial score (nSPS) is 11.6. The van der Waals surface area contributed by atoms with Crippen molar-refractivity contribution in [3.63, 3.8) is 0 Å². The van der Waals surface area contributed by atoms with Gasteiger partial charge in [0, 0.05) is 11.5 Å². The fraction of sp³-hybridized carbons (Fsp3) is 0.333. The number of alkyl carbamates (subject to hydrolysis) is 1. The van der Waals surface area contributed by atoms with Gasteiger partial charge >= 0.3 is 12.1 Å². The molecule has 2 N–H and O–H groups in total. The fourth-order valence-electron chi connectivity index (χ4n) is 1.24. The maximum absolute atomic E-state index is 11.0. The number of ether oxygens (including phenoxy) is 1. The average molecular weight is 269 g/mol. The first-order chi connectivity index (χ1) is 8.63. The van der Waals surface area contributed by atoms with Gasteiger partial charge in [-0.25, -0.2) is 9.59 Å². The van der Waals surface area contributed by atoms with Crippen LogP contribution in [0.5, 0.6) is 0 Å². The Hall–Kier alpha value is -1.69. The lowest BCUT2D eigenvalue weighted by Crippen LogP contribution is -2.42. The Kier molecular flexibility index (Phi) is 6.07. The number of benzene rings is 1. The van der Waals surface area contributed by atoms with Crippen molar-refractivity contribution in [3.8, 4) is 0 Å². The number of rotatable bonds is 6. The first kappa shape index (κ1) is 14.4. The molecule has 1 rings (SSSR count). The Labute approximate surface area is 110 Å². The van der Waals surface area contributed by atoms with Crippen LogP contribution in [0, 0.1) is 0 Å². The van der Waals surface area contributed by atoms with Crippen LogP contribution < -0.4 is 5.32 Å². The maximum Gasteiger partial charge on any atom is 0.407 e. The van der Waals surface area contributed by atoms with Crippen molar-refractivity contribution in [2.24, 2.45) is 0 Å². The molecule has 0 heterocycles. The van der Waals surface area contributed by atoms with E-state index in [1.54, 1.807) is 0 Å². The second kappa shape index (κ2) is 7.60. The summed E-state index contributed by atoms with van der Waals surface area (Å²) in [5.41, 5.74) is 1.12. The Balaban J connectivity index is 2.38. The second-order valence-electron chi connectivity index (χ2n) is 3.53. The summed E-state index contributed by atoms with van der Waals surface area (Å²) in [6, 6.07) is 8.78. The summed E-state index contributed by atoms with van der Waals surface area (Å²) < 4.78 is 4.37. The van der Waals surface area contributed by atoms with E-state index in [1.807, 2.05) is 30.3 Å². The van der Waals surface area contributed by atoms with Crippen molar-refractivity contribution in [1.82, 2.24) is 5.32 Å². The van der Waals surface area contributed by atoms with Crippen molar-refractivity contribution in [3.05, 3.63) is 35.9 Å². The number of carboxylic acid groups (broad SMARTS) is 1. The van der Waals surface area contributed by atoms with Gasteiger partial charge < -0.3 is 15.2 Å². The number of thioether (sulfide) groups is 1. The monoisotopic (exact) mass is 269 g/mol. The predicted octanol–water partition coefficient (Wildman–Crippen LogP) is 1.73. The molecule has 5 nitrogen and oxygen atoms in total. The van der Waals surface area contributed by atoms with E-state index >= 15 is 0 Å². The summed E-state index contributed by atoms with van der Waals surface area (Å²) in [6.45, 7) is 0. The summed E-state index contributed by atoms with van der Waals surface area (Å²) >= 11 is 1.44. The van der Waals surface area contributed by atoms with Crippen LogP contribution in [0.1, 0.15) is 5.56 Å². The van der Waals surface area contributed by atoms with Crippen LogP contribution in [0.4, 0.5) is 4.79 Å². The number of amides is 1. The number of carbonyl (C=O) groups is 2. The molecule has 0 aliphatic carbocycles. The van der Waals surface area contributed by atoms with Crippen molar-refractivity contribution >= 4 is 23.8 Å². The number of hydrogen-bond donors (Lipinski definition) is 2. The lowest BCUT2D eigenvalue weighted by Gasteiger charge is -2.13. The van der Waals surface area contributed by atoms with Gasteiger partial charge in [-0.3, -0.25) is 0 Å². The zero-order valence-corrected chi connectivity index (χ0v) is 10.8. The number of nitrogens with one attached hydrogen (secondary N) is 1. The minimum Gasteiger partial charge on any atom is -0.480 e. The molecule has 1 amide bonds. The molecule has 98 valence electrons. The summed E-state index contributed by atoms with van der Waals surface area (Å²) in [6.07, 6.45) is -0.734. The zero-order valence-electron chi connectivity index (χ0n) is 9.96. The lowest BCUT2D eigenvalue weighted by molar-refractivity contribution is -0.138. The molecule has 0 fully saturated rings. The van der Waals surface area contributed by atoms with Gasteiger partial charge in [0.1, 0.15) is 6.04 Å². The summed E-state index contributed by atoms with van der Waals surface area (Å²) in [5.74, 6) is -0.0757. The van der Waals surface area contributed by atoms with Crippen LogP contribution >= 0.6 is 11.8 Å². The van der Waals surface area contributed by atoms with Crippen LogP contribution in [-0.4, -0.2) is 36.1 Å². The van der Waals surface area contributed by atoms with Gasteiger partial charge in [0.2, 0.25) is 0 Å². The van der Waals surface area contributed by atoms with Crippen molar-refractivity contribution in [2.75, 3.05) is 12.9 Å². The average Bonchev–Trinajstić information content (AvgIpc) is 2.38. The predicted molar refractivity (Wildman–Crippen MR) is 69.6 cm³/mol. The van der Waals surface area contributed by atoms with E-state index in [1.165, 1.54) is 18.9 Å². The third-order valence-corrected chi connectivity index (χ3v) is 3.28. The number of aliphatic carboxylic acids is 1. The molecule has 0 radical (unpaired) electrons. The standard InChI is InChI=1S/C12H15NO4S/c1-17-12(16)13-10(11(14)15)8-18-7-9-5-3-2-4-6-9/h2-6,10H,7-8H2,1H3,(H,13,16)(H,14,15)/t10-/m0/s1. The molecule has 18 heavy (non-hydrogen) atoms. The highest BCUT2D eigenvalue weighted by Crippen LogP contribution is 2.12. The maximum atomic E-state index is 11.0. The molecule has 0 aliphatic heterocycles. The lowest BCUT2D eigenvalue weighted by atomic mass is 10.2. The molecule has 0 unspecified atom stereocenters. The molecular weight excluding hydrogens is 254 g/mol. The molecule has 1 aromatic rings. The van der Waals surface area contributed by atoms with Gasteiger partial charge in [0.05, 0.1) is 7.11 Å². The Morgan fingerprint density at radius 3 is 2.61 bits per heavy atom. The molecule has 0 saturated carbocycles. The SMILES string of the molecule is COC(=O)N[C@@H](CSCc1ccccc1)C(=O)O. The van der Waals surface area contributed by atoms with Gasteiger partial charge in [0.15, 0.2) is 0 Å².